The number of nitrogens with zero attached hydrogens (tertiary/aromatic N) is 4. The molecule has 0 saturated heterocycles. The minimum Gasteiger partial charge on any atom is -0.461 e. The number of ether oxygens (including phenoxy) is 1. The highest BCUT2D eigenvalue weighted by atomic mass is 32.1. The molecule has 0 saturated carbocycles. The number of fused-ring (bicyclic) bond motifs is 2. The van der Waals surface area contributed by atoms with Gasteiger partial charge in [0, 0.05) is 35.2 Å². The quantitative estimate of drug-likeness (QED) is 0.133. The third-order valence-electron chi connectivity index (χ3n) is 5.72. The lowest BCUT2D eigenvalue weighted by Crippen LogP contribution is -2.14. The molecule has 0 radical (unpaired) electrons. The summed E-state index contributed by atoms with van der Waals surface area (Å²) in [6.45, 7) is 2.19. The summed E-state index contributed by atoms with van der Waals surface area (Å²) in [5.74, 6) is -0.544. The van der Waals surface area contributed by atoms with Gasteiger partial charge < -0.3 is 9.30 Å². The molecule has 0 aliphatic rings. The molecule has 0 unspecified atom stereocenters. The number of aromatic nitrogens is 3. The Bertz CT molecular complexity index is 1600. The molecule has 0 amide bonds. The minimum atomic E-state index is -0.544. The van der Waals surface area contributed by atoms with E-state index >= 15 is 0 Å². The highest BCUT2D eigenvalue weighted by Gasteiger charge is 2.26. The van der Waals surface area contributed by atoms with Crippen LogP contribution in [-0.2, 0) is 11.3 Å². The zero-order chi connectivity index (χ0) is 24.5. The molecule has 0 aliphatic heterocycles. The lowest BCUT2D eigenvalue weighted by Gasteiger charge is -2.12. The Hall–Kier alpha value is -4.44. The van der Waals surface area contributed by atoms with E-state index in [1.807, 2.05) is 18.2 Å². The number of nitro groups is 1. The maximum absolute atomic E-state index is 13.3. The van der Waals surface area contributed by atoms with Gasteiger partial charge in [-0.15, -0.1) is 0 Å². The zero-order valence-electron chi connectivity index (χ0n) is 18.5. The molecule has 5 rings (SSSR count). The van der Waals surface area contributed by atoms with E-state index in [-0.39, 0.29) is 18.0 Å². The van der Waals surface area contributed by atoms with Crippen LogP contribution in [0, 0.1) is 10.1 Å². The van der Waals surface area contributed by atoms with Gasteiger partial charge in [-0.1, -0.05) is 30.3 Å². The van der Waals surface area contributed by atoms with Gasteiger partial charge in [0.25, 0.3) is 5.69 Å². The number of non-ortho nitro benzene ring substituents is 1. The van der Waals surface area contributed by atoms with Crippen LogP contribution in [0.15, 0.2) is 60.7 Å². The molecular weight excluding hydrogens is 468 g/mol. The molecule has 10 heteroatoms. The molecular formula is C25H18N4O5S. The average Bonchev–Trinajstić information content (AvgIpc) is 3.46. The predicted molar refractivity (Wildman–Crippen MR) is 132 cm³/mol. The van der Waals surface area contributed by atoms with Crippen molar-refractivity contribution in [3.05, 3.63) is 87.6 Å². The van der Waals surface area contributed by atoms with Gasteiger partial charge in [0.15, 0.2) is 0 Å². The van der Waals surface area contributed by atoms with Gasteiger partial charge in [0.05, 0.1) is 28.8 Å². The van der Waals surface area contributed by atoms with E-state index in [2.05, 4.69) is 8.75 Å². The summed E-state index contributed by atoms with van der Waals surface area (Å²) < 4.78 is 15.7. The van der Waals surface area contributed by atoms with Crippen molar-refractivity contribution in [2.24, 2.45) is 0 Å². The Kier molecular flexibility index (Phi) is 5.79. The van der Waals surface area contributed by atoms with E-state index < -0.39 is 10.9 Å². The number of nitro benzene ring substituents is 1. The molecule has 5 aromatic rings. The maximum atomic E-state index is 13.3. The van der Waals surface area contributed by atoms with Crippen molar-refractivity contribution in [2.45, 2.75) is 13.5 Å². The van der Waals surface area contributed by atoms with E-state index in [1.54, 1.807) is 41.8 Å². The summed E-state index contributed by atoms with van der Waals surface area (Å²) in [4.78, 5) is 35.5. The normalized spacial score (nSPS) is 11.1. The first kappa shape index (κ1) is 22.4. The molecule has 3 aromatic carbocycles. The first-order chi connectivity index (χ1) is 17.0. The van der Waals surface area contributed by atoms with Crippen LogP contribution in [0.4, 0.5) is 5.69 Å². The number of aldehydes is 1. The second-order valence-corrected chi connectivity index (χ2v) is 8.34. The molecule has 0 N–H and O–H groups in total. The van der Waals surface area contributed by atoms with E-state index in [9.17, 15) is 19.7 Å². The summed E-state index contributed by atoms with van der Waals surface area (Å²) in [6, 6.07) is 16.9. The van der Waals surface area contributed by atoms with Crippen LogP contribution in [0.3, 0.4) is 0 Å². The van der Waals surface area contributed by atoms with Gasteiger partial charge in [0.2, 0.25) is 0 Å². The standard InChI is InChI=1S/C25H18N4O5S/c1-2-34-25(31)24-23(17-6-3-15(14-30)4-7-17)19-12-18(29(32)33)8-10-22(19)28(24)13-16-5-9-20-21(11-16)27-35-26-20/h3-12,14H,2,13H2,1H3. The lowest BCUT2D eigenvalue weighted by molar-refractivity contribution is -0.384. The van der Waals surface area contributed by atoms with E-state index in [0.717, 1.165) is 34.6 Å². The largest absolute Gasteiger partial charge is 0.461 e. The maximum Gasteiger partial charge on any atom is 0.355 e. The van der Waals surface area contributed by atoms with Crippen LogP contribution in [0.2, 0.25) is 0 Å². The number of carbonyl (C=O) groups is 2. The number of hydrogen-bond donors (Lipinski definition) is 0. The molecule has 0 atom stereocenters. The number of esters is 1. The lowest BCUT2D eigenvalue weighted by atomic mass is 10.0. The monoisotopic (exact) mass is 486 g/mol. The second-order valence-electron chi connectivity index (χ2n) is 7.82. The van der Waals surface area contributed by atoms with Crippen LogP contribution >= 0.6 is 11.7 Å². The van der Waals surface area contributed by atoms with Crippen LogP contribution in [0.5, 0.6) is 0 Å². The summed E-state index contributed by atoms with van der Waals surface area (Å²) in [5, 5.41) is 12.1. The first-order valence-corrected chi connectivity index (χ1v) is 11.5. The highest BCUT2D eigenvalue weighted by Crippen LogP contribution is 2.38. The molecule has 2 aromatic heterocycles. The van der Waals surface area contributed by atoms with Gasteiger partial charge in [-0.2, -0.15) is 8.75 Å². The van der Waals surface area contributed by atoms with Gasteiger partial charge in [-0.3, -0.25) is 14.9 Å². The Morgan fingerprint density at radius 3 is 2.57 bits per heavy atom. The molecule has 9 nitrogen and oxygen atoms in total. The molecule has 0 bridgehead atoms. The Morgan fingerprint density at radius 2 is 1.86 bits per heavy atom. The summed E-state index contributed by atoms with van der Waals surface area (Å²) in [6.07, 6.45) is 0.730. The zero-order valence-corrected chi connectivity index (χ0v) is 19.3. The van der Waals surface area contributed by atoms with Crippen molar-refractivity contribution in [3.63, 3.8) is 0 Å². The van der Waals surface area contributed by atoms with Crippen molar-refractivity contribution < 1.29 is 19.2 Å². The second kappa shape index (κ2) is 9.07. The fourth-order valence-electron chi connectivity index (χ4n) is 4.16. The van der Waals surface area contributed by atoms with E-state index in [0.29, 0.717) is 34.1 Å². The molecule has 0 spiro atoms. The Balaban J connectivity index is 1.79. The molecule has 174 valence electrons. The Labute approximate surface area is 203 Å². The third-order valence-corrected chi connectivity index (χ3v) is 6.28. The van der Waals surface area contributed by atoms with E-state index in [4.69, 9.17) is 4.74 Å². The minimum absolute atomic E-state index is 0.0919. The van der Waals surface area contributed by atoms with E-state index in [1.165, 1.54) is 12.1 Å². The molecule has 0 aliphatic carbocycles. The fraction of sp³-hybridized carbons (Fsp3) is 0.120. The SMILES string of the molecule is CCOC(=O)c1c(-c2ccc(C=O)cc2)c2cc([N+](=O)[O-])ccc2n1Cc1ccc2nsnc2c1. The number of carbonyl (C=O) groups excluding carboxylic acids is 2. The smallest absolute Gasteiger partial charge is 0.355 e. The molecule has 0 fully saturated rings. The van der Waals surface area contributed by atoms with Crippen molar-refractivity contribution in [1.82, 2.24) is 13.3 Å². The summed E-state index contributed by atoms with van der Waals surface area (Å²) in [7, 11) is 0. The number of hydrogen-bond acceptors (Lipinski definition) is 8. The molecule has 2 heterocycles. The number of rotatable bonds is 7. The molecule has 35 heavy (non-hydrogen) atoms. The van der Waals surface area contributed by atoms with Gasteiger partial charge in [0.1, 0.15) is 23.0 Å². The first-order valence-electron chi connectivity index (χ1n) is 10.7. The average molecular weight is 487 g/mol. The van der Waals surface area contributed by atoms with Crippen molar-refractivity contribution in [1.29, 1.82) is 0 Å². The van der Waals surface area contributed by atoms with Gasteiger partial charge >= 0.3 is 5.97 Å². The van der Waals surface area contributed by atoms with Gasteiger partial charge in [-0.25, -0.2) is 4.79 Å². The van der Waals surface area contributed by atoms with Crippen LogP contribution < -0.4 is 0 Å². The summed E-state index contributed by atoms with van der Waals surface area (Å²) >= 11 is 1.12. The third kappa shape index (κ3) is 4.04. The highest BCUT2D eigenvalue weighted by molar-refractivity contribution is 7.00. The summed E-state index contributed by atoms with van der Waals surface area (Å²) in [5.41, 5.74) is 4.88. The fourth-order valence-corrected chi connectivity index (χ4v) is 4.68. The van der Waals surface area contributed by atoms with Crippen LogP contribution in [0.1, 0.15) is 33.3 Å². The van der Waals surface area contributed by atoms with Gasteiger partial charge in [-0.05, 0) is 36.2 Å². The van der Waals surface area contributed by atoms with Crippen LogP contribution in [0.25, 0.3) is 33.1 Å². The predicted octanol–water partition coefficient (Wildman–Crippen LogP) is 5.26. The van der Waals surface area contributed by atoms with Crippen molar-refractivity contribution in [2.75, 3.05) is 6.61 Å². The Morgan fingerprint density at radius 1 is 1.09 bits per heavy atom. The van der Waals surface area contributed by atoms with Crippen LogP contribution in [-0.4, -0.2) is 37.1 Å². The number of benzene rings is 3. The topological polar surface area (TPSA) is 117 Å². The van der Waals surface area contributed by atoms with Crippen molar-refractivity contribution in [3.8, 4) is 11.1 Å². The van der Waals surface area contributed by atoms with Crippen molar-refractivity contribution >= 4 is 51.6 Å².